The molecule has 2 aromatic rings. The van der Waals surface area contributed by atoms with Gasteiger partial charge in [0.25, 0.3) is 0 Å². The number of aryl methyl sites for hydroxylation is 1. The van der Waals surface area contributed by atoms with Gasteiger partial charge in [-0.1, -0.05) is 11.5 Å². The van der Waals surface area contributed by atoms with Crippen molar-refractivity contribution in [2.45, 2.75) is 6.61 Å². The summed E-state index contributed by atoms with van der Waals surface area (Å²) in [6, 6.07) is 2.06. The second-order valence-corrected chi connectivity index (χ2v) is 3.74. The lowest BCUT2D eigenvalue weighted by Crippen LogP contribution is -2.35. The molecule has 0 aliphatic carbocycles. The quantitative estimate of drug-likeness (QED) is 0.616. The third kappa shape index (κ3) is 3.21. The minimum absolute atomic E-state index is 0.104. The van der Waals surface area contributed by atoms with Crippen LogP contribution in [0.3, 0.4) is 0 Å². The number of tetrazole rings is 1. The van der Waals surface area contributed by atoms with Crippen molar-refractivity contribution in [3.05, 3.63) is 29.8 Å². The van der Waals surface area contributed by atoms with Crippen LogP contribution in [0.2, 0.25) is 0 Å². The Labute approximate surface area is 105 Å². The zero-order valence-corrected chi connectivity index (χ0v) is 9.73. The van der Waals surface area contributed by atoms with Crippen LogP contribution < -0.4 is 10.2 Å². The molecule has 1 aromatic carbocycles. The predicted molar refractivity (Wildman–Crippen MR) is 58.2 cm³/mol. The van der Waals surface area contributed by atoms with Gasteiger partial charge in [-0.15, -0.1) is 10.2 Å². The molecule has 0 radical (unpaired) electrons. The molecule has 0 unspecified atom stereocenters. The first-order chi connectivity index (χ1) is 8.86. The average Bonchev–Trinajstić information content (AvgIpc) is 2.71. The van der Waals surface area contributed by atoms with E-state index in [0.29, 0.717) is 12.1 Å². The molecule has 10 heteroatoms. The largest absolute Gasteiger partial charge is 0.513 e. The summed E-state index contributed by atoms with van der Waals surface area (Å²) < 4.78 is 56.1. The maximum Gasteiger partial charge on any atom is 0.513 e. The Bertz CT molecular complexity index is 586. The molecule has 0 bridgehead atoms. The van der Waals surface area contributed by atoms with Gasteiger partial charge in [-0.3, -0.25) is 0 Å². The molecule has 0 saturated carbocycles. The molecule has 102 valence electrons. The summed E-state index contributed by atoms with van der Waals surface area (Å²) in [5, 5.41) is 10.8. The molecule has 0 atom stereocenters. The molecule has 0 amide bonds. The Balaban J connectivity index is 2.21. The van der Waals surface area contributed by atoms with Crippen molar-refractivity contribution in [2.75, 3.05) is 0 Å². The first-order valence-corrected chi connectivity index (χ1v) is 5.21. The Morgan fingerprint density at radius 1 is 1.32 bits per heavy atom. The maximum atomic E-state index is 13.0. The van der Waals surface area contributed by atoms with Crippen molar-refractivity contribution in [3.63, 3.8) is 0 Å². The van der Waals surface area contributed by atoms with Crippen LogP contribution in [0.25, 0.3) is 0 Å². The van der Waals surface area contributed by atoms with E-state index in [2.05, 4.69) is 15.4 Å². The van der Waals surface area contributed by atoms with Gasteiger partial charge in [-0.2, -0.15) is 4.80 Å². The fraction of sp³-hybridized carbons (Fsp3) is 0.222. The molecule has 1 aromatic heterocycles. The van der Waals surface area contributed by atoms with Gasteiger partial charge in [0.15, 0.2) is 6.61 Å². The lowest BCUT2D eigenvalue weighted by atomic mass is 9.79. The molecule has 19 heavy (non-hydrogen) atoms. The first kappa shape index (κ1) is 13.3. The lowest BCUT2D eigenvalue weighted by molar-refractivity contribution is 0.294. The molecule has 0 aliphatic rings. The molecular weight excluding hydrogens is 267 g/mol. The Morgan fingerprint density at radius 3 is 2.63 bits per heavy atom. The number of rotatable bonds is 4. The standard InChI is InChI=1S/C9H8BF4N4O/c1-18-16-9(15-17-18)5-19-8-4-6(11)2-3-7(8)10(12,13)14/h2-4H,5H2,1H3/q-1. The van der Waals surface area contributed by atoms with E-state index in [1.807, 2.05) is 0 Å². The van der Waals surface area contributed by atoms with Gasteiger partial charge in [0.05, 0.1) is 12.8 Å². The Hall–Kier alpha value is -2.13. The SMILES string of the molecule is Cn1nnc(COc2cc(F)ccc2[B-](F)(F)F)n1. The fourth-order valence-corrected chi connectivity index (χ4v) is 1.43. The van der Waals surface area contributed by atoms with E-state index in [9.17, 15) is 17.3 Å². The fourth-order valence-electron chi connectivity index (χ4n) is 1.43. The van der Waals surface area contributed by atoms with Crippen LogP contribution in [0.1, 0.15) is 5.82 Å². The van der Waals surface area contributed by atoms with E-state index >= 15 is 0 Å². The average molecular weight is 275 g/mol. The molecule has 5 nitrogen and oxygen atoms in total. The molecule has 0 aliphatic heterocycles. The second kappa shape index (κ2) is 4.86. The maximum absolute atomic E-state index is 13.0. The number of aromatic nitrogens is 4. The summed E-state index contributed by atoms with van der Waals surface area (Å²) >= 11 is 0. The summed E-state index contributed by atoms with van der Waals surface area (Å²) in [6.45, 7) is -5.61. The molecule has 0 saturated heterocycles. The second-order valence-electron chi connectivity index (χ2n) is 3.74. The highest BCUT2D eigenvalue weighted by atomic mass is 19.4. The summed E-state index contributed by atoms with van der Waals surface area (Å²) in [4.78, 5) is 1.14. The number of hydrogen-bond donors (Lipinski definition) is 0. The number of benzene rings is 1. The first-order valence-electron chi connectivity index (χ1n) is 5.21. The van der Waals surface area contributed by atoms with Crippen LogP contribution in [-0.2, 0) is 13.7 Å². The van der Waals surface area contributed by atoms with Crippen LogP contribution in [0.15, 0.2) is 18.2 Å². The minimum atomic E-state index is -5.28. The van der Waals surface area contributed by atoms with E-state index in [0.717, 1.165) is 10.9 Å². The molecule has 2 rings (SSSR count). The van der Waals surface area contributed by atoms with Crippen molar-refractivity contribution >= 4 is 12.4 Å². The van der Waals surface area contributed by atoms with Crippen molar-refractivity contribution in [1.29, 1.82) is 0 Å². The number of hydrogen-bond acceptors (Lipinski definition) is 4. The highest BCUT2D eigenvalue weighted by Crippen LogP contribution is 2.19. The zero-order valence-electron chi connectivity index (χ0n) is 9.73. The molecule has 0 N–H and O–H groups in total. The minimum Gasteiger partial charge on any atom is -0.488 e. The van der Waals surface area contributed by atoms with Crippen molar-refractivity contribution in [3.8, 4) is 5.75 Å². The third-order valence-electron chi connectivity index (χ3n) is 2.23. The predicted octanol–water partition coefficient (Wildman–Crippen LogP) is 0.983. The van der Waals surface area contributed by atoms with Crippen LogP contribution in [0, 0.1) is 5.82 Å². The molecule has 1 heterocycles. The normalized spacial score (nSPS) is 11.6. The van der Waals surface area contributed by atoms with E-state index in [1.54, 1.807) is 0 Å². The van der Waals surface area contributed by atoms with Gasteiger partial charge in [0, 0.05) is 6.07 Å². The zero-order chi connectivity index (χ0) is 14.0. The van der Waals surface area contributed by atoms with Gasteiger partial charge < -0.3 is 17.7 Å². The lowest BCUT2D eigenvalue weighted by Gasteiger charge is -2.19. The molecule has 0 fully saturated rings. The van der Waals surface area contributed by atoms with Gasteiger partial charge in [0.2, 0.25) is 5.82 Å². The van der Waals surface area contributed by atoms with Crippen LogP contribution >= 0.6 is 0 Å². The molecular formula is C9H8BF4N4O-. The van der Waals surface area contributed by atoms with Crippen LogP contribution in [-0.4, -0.2) is 27.2 Å². The van der Waals surface area contributed by atoms with Crippen LogP contribution in [0.4, 0.5) is 17.3 Å². The summed E-state index contributed by atoms with van der Waals surface area (Å²) in [5.74, 6) is -1.29. The van der Waals surface area contributed by atoms with Gasteiger partial charge in [-0.05, 0) is 11.3 Å². The topological polar surface area (TPSA) is 52.8 Å². The third-order valence-corrected chi connectivity index (χ3v) is 2.23. The number of halogens is 4. The number of nitrogens with zero attached hydrogens (tertiary/aromatic N) is 4. The van der Waals surface area contributed by atoms with Crippen molar-refractivity contribution in [2.24, 2.45) is 7.05 Å². The highest BCUT2D eigenvalue weighted by Gasteiger charge is 2.29. The molecule has 0 spiro atoms. The van der Waals surface area contributed by atoms with Crippen molar-refractivity contribution in [1.82, 2.24) is 20.2 Å². The Morgan fingerprint density at radius 2 is 2.05 bits per heavy atom. The number of ether oxygens (including phenoxy) is 1. The van der Waals surface area contributed by atoms with E-state index in [-0.39, 0.29) is 12.4 Å². The summed E-state index contributed by atoms with van der Waals surface area (Å²) in [6.07, 6.45) is 0. The van der Waals surface area contributed by atoms with Gasteiger partial charge in [0.1, 0.15) is 5.82 Å². The summed E-state index contributed by atoms with van der Waals surface area (Å²) in [5.41, 5.74) is -0.995. The summed E-state index contributed by atoms with van der Waals surface area (Å²) in [7, 11) is 1.50. The van der Waals surface area contributed by atoms with Gasteiger partial charge in [-0.25, -0.2) is 4.39 Å². The monoisotopic (exact) mass is 275 g/mol. The van der Waals surface area contributed by atoms with Crippen molar-refractivity contribution < 1.29 is 22.1 Å². The smallest absolute Gasteiger partial charge is 0.488 e. The van der Waals surface area contributed by atoms with Gasteiger partial charge >= 0.3 is 6.98 Å². The van der Waals surface area contributed by atoms with Crippen LogP contribution in [0.5, 0.6) is 5.75 Å². The Kier molecular flexibility index (Phi) is 3.41. The van der Waals surface area contributed by atoms with E-state index in [1.165, 1.54) is 7.05 Å². The highest BCUT2D eigenvalue weighted by molar-refractivity contribution is 6.74. The van der Waals surface area contributed by atoms with E-state index in [4.69, 9.17) is 4.74 Å². The van der Waals surface area contributed by atoms with E-state index < -0.39 is 24.0 Å².